The van der Waals surface area contributed by atoms with E-state index in [0.29, 0.717) is 27.5 Å². The molecule has 0 atom stereocenters. The molecule has 0 amide bonds. The maximum Gasteiger partial charge on any atom is 0.150 e. The van der Waals surface area contributed by atoms with Gasteiger partial charge >= 0.3 is 0 Å². The maximum atomic E-state index is 13.0. The SMILES string of the molecule is O=Cc1cc(F)ccc1-c1ccc(Cl)cc1Cl. The van der Waals surface area contributed by atoms with Gasteiger partial charge in [-0.2, -0.15) is 0 Å². The fourth-order valence-corrected chi connectivity index (χ4v) is 2.09. The molecule has 0 aromatic heterocycles. The highest BCUT2D eigenvalue weighted by molar-refractivity contribution is 6.36. The summed E-state index contributed by atoms with van der Waals surface area (Å²) in [6.07, 6.45) is 0.601. The number of halogens is 3. The summed E-state index contributed by atoms with van der Waals surface area (Å²) in [6.45, 7) is 0. The van der Waals surface area contributed by atoms with Gasteiger partial charge in [-0.05, 0) is 29.8 Å². The zero-order valence-corrected chi connectivity index (χ0v) is 10.1. The van der Waals surface area contributed by atoms with E-state index in [2.05, 4.69) is 0 Å². The Morgan fingerprint density at radius 2 is 1.71 bits per heavy atom. The van der Waals surface area contributed by atoms with Crippen molar-refractivity contribution in [3.05, 3.63) is 57.8 Å². The highest BCUT2D eigenvalue weighted by atomic mass is 35.5. The van der Waals surface area contributed by atoms with Crippen LogP contribution in [0, 0.1) is 5.82 Å². The van der Waals surface area contributed by atoms with Gasteiger partial charge in [0.05, 0.1) is 0 Å². The van der Waals surface area contributed by atoms with Gasteiger partial charge in [0.25, 0.3) is 0 Å². The number of carbonyl (C=O) groups is 1. The molecule has 0 saturated heterocycles. The Balaban J connectivity index is 2.63. The fourth-order valence-electron chi connectivity index (χ4n) is 1.58. The molecule has 0 N–H and O–H groups in total. The number of benzene rings is 2. The van der Waals surface area contributed by atoms with E-state index in [1.54, 1.807) is 18.2 Å². The minimum Gasteiger partial charge on any atom is -0.298 e. The zero-order valence-electron chi connectivity index (χ0n) is 8.58. The van der Waals surface area contributed by atoms with Crippen molar-refractivity contribution < 1.29 is 9.18 Å². The highest BCUT2D eigenvalue weighted by Gasteiger charge is 2.09. The molecule has 2 aromatic carbocycles. The number of hydrogen-bond acceptors (Lipinski definition) is 1. The largest absolute Gasteiger partial charge is 0.298 e. The molecular formula is C13H7Cl2FO. The van der Waals surface area contributed by atoms with Gasteiger partial charge in [0.2, 0.25) is 0 Å². The van der Waals surface area contributed by atoms with Gasteiger partial charge in [0.15, 0.2) is 6.29 Å². The summed E-state index contributed by atoms with van der Waals surface area (Å²) in [6, 6.07) is 8.93. The van der Waals surface area contributed by atoms with Gasteiger partial charge < -0.3 is 0 Å². The van der Waals surface area contributed by atoms with Crippen molar-refractivity contribution in [2.75, 3.05) is 0 Å². The smallest absolute Gasteiger partial charge is 0.150 e. The minimum absolute atomic E-state index is 0.259. The molecule has 0 bridgehead atoms. The Morgan fingerprint density at radius 3 is 2.35 bits per heavy atom. The normalized spacial score (nSPS) is 10.3. The molecule has 1 nitrogen and oxygen atoms in total. The van der Waals surface area contributed by atoms with E-state index in [9.17, 15) is 9.18 Å². The average molecular weight is 269 g/mol. The summed E-state index contributed by atoms with van der Waals surface area (Å²) in [7, 11) is 0. The van der Waals surface area contributed by atoms with Crippen molar-refractivity contribution in [2.24, 2.45) is 0 Å². The molecule has 0 unspecified atom stereocenters. The third-order valence-corrected chi connectivity index (χ3v) is 2.91. The van der Waals surface area contributed by atoms with Crippen LogP contribution in [0.3, 0.4) is 0 Å². The van der Waals surface area contributed by atoms with Crippen LogP contribution in [0.2, 0.25) is 10.0 Å². The van der Waals surface area contributed by atoms with Crippen LogP contribution in [-0.2, 0) is 0 Å². The number of hydrogen-bond donors (Lipinski definition) is 0. The molecule has 17 heavy (non-hydrogen) atoms. The Kier molecular flexibility index (Phi) is 3.46. The van der Waals surface area contributed by atoms with Crippen LogP contribution in [0.1, 0.15) is 10.4 Å². The van der Waals surface area contributed by atoms with Gasteiger partial charge in [-0.3, -0.25) is 4.79 Å². The van der Waals surface area contributed by atoms with E-state index in [1.807, 2.05) is 0 Å². The molecule has 0 spiro atoms. The monoisotopic (exact) mass is 268 g/mol. The quantitative estimate of drug-likeness (QED) is 0.727. The maximum absolute atomic E-state index is 13.0. The van der Waals surface area contributed by atoms with Gasteiger partial charge in [-0.25, -0.2) is 4.39 Å². The third-order valence-electron chi connectivity index (χ3n) is 2.36. The van der Waals surface area contributed by atoms with Crippen LogP contribution in [-0.4, -0.2) is 6.29 Å². The van der Waals surface area contributed by atoms with Crippen molar-refractivity contribution >= 4 is 29.5 Å². The van der Waals surface area contributed by atoms with Crippen molar-refractivity contribution in [1.82, 2.24) is 0 Å². The van der Waals surface area contributed by atoms with Gasteiger partial charge in [0.1, 0.15) is 5.82 Å². The van der Waals surface area contributed by atoms with E-state index in [0.717, 1.165) is 0 Å². The number of carbonyl (C=O) groups excluding carboxylic acids is 1. The van der Waals surface area contributed by atoms with Crippen LogP contribution in [0.5, 0.6) is 0 Å². The second-order valence-corrected chi connectivity index (χ2v) is 4.32. The summed E-state index contributed by atoms with van der Waals surface area (Å²) < 4.78 is 13.0. The van der Waals surface area contributed by atoms with E-state index < -0.39 is 5.82 Å². The van der Waals surface area contributed by atoms with Crippen molar-refractivity contribution in [1.29, 1.82) is 0 Å². The van der Waals surface area contributed by atoms with Gasteiger partial charge in [-0.15, -0.1) is 0 Å². The summed E-state index contributed by atoms with van der Waals surface area (Å²) in [5, 5.41) is 0.931. The first-order valence-corrected chi connectivity index (χ1v) is 5.57. The number of aldehydes is 1. The van der Waals surface area contributed by atoms with E-state index in [-0.39, 0.29) is 5.56 Å². The number of rotatable bonds is 2. The van der Waals surface area contributed by atoms with Crippen molar-refractivity contribution in [2.45, 2.75) is 0 Å². The molecule has 0 fully saturated rings. The van der Waals surface area contributed by atoms with Crippen molar-refractivity contribution in [3.63, 3.8) is 0 Å². The van der Waals surface area contributed by atoms with Gasteiger partial charge in [-0.1, -0.05) is 35.3 Å². The topological polar surface area (TPSA) is 17.1 Å². The molecule has 0 heterocycles. The molecule has 0 radical (unpaired) electrons. The molecule has 0 aliphatic heterocycles. The average Bonchev–Trinajstić information content (AvgIpc) is 2.30. The summed E-state index contributed by atoms with van der Waals surface area (Å²) >= 11 is 11.8. The van der Waals surface area contributed by atoms with Crippen molar-refractivity contribution in [3.8, 4) is 11.1 Å². The molecule has 0 aliphatic carbocycles. The van der Waals surface area contributed by atoms with E-state index in [4.69, 9.17) is 23.2 Å². The lowest BCUT2D eigenvalue weighted by molar-refractivity contribution is 0.112. The van der Waals surface area contributed by atoms with Gasteiger partial charge in [0, 0.05) is 21.2 Å². The Labute approximate surface area is 108 Å². The first-order chi connectivity index (χ1) is 8.11. The fraction of sp³-hybridized carbons (Fsp3) is 0. The van der Waals surface area contributed by atoms with Crippen LogP contribution in [0.4, 0.5) is 4.39 Å². The van der Waals surface area contributed by atoms with E-state index in [1.165, 1.54) is 18.2 Å². The second-order valence-electron chi connectivity index (χ2n) is 3.47. The predicted molar refractivity (Wildman–Crippen MR) is 67.2 cm³/mol. The lowest BCUT2D eigenvalue weighted by Gasteiger charge is -2.07. The molecule has 2 aromatic rings. The third kappa shape index (κ3) is 2.48. The molecular weight excluding hydrogens is 262 g/mol. The lowest BCUT2D eigenvalue weighted by atomic mass is 10.0. The van der Waals surface area contributed by atoms with E-state index >= 15 is 0 Å². The van der Waals surface area contributed by atoms with Crippen LogP contribution >= 0.6 is 23.2 Å². The molecule has 0 saturated carbocycles. The van der Waals surface area contributed by atoms with Crippen LogP contribution in [0.15, 0.2) is 36.4 Å². The molecule has 4 heteroatoms. The first kappa shape index (κ1) is 12.1. The Bertz CT molecular complexity index is 582. The first-order valence-electron chi connectivity index (χ1n) is 4.82. The lowest BCUT2D eigenvalue weighted by Crippen LogP contribution is -1.90. The molecule has 86 valence electrons. The molecule has 0 aliphatic rings. The highest BCUT2D eigenvalue weighted by Crippen LogP contribution is 2.32. The molecule has 2 rings (SSSR count). The standard InChI is InChI=1S/C13H7Cl2FO/c14-9-1-3-12(13(15)6-9)11-4-2-10(16)5-8(11)7-17/h1-7H. The zero-order chi connectivity index (χ0) is 12.4. The Hall–Kier alpha value is -1.38. The van der Waals surface area contributed by atoms with Crippen LogP contribution in [0.25, 0.3) is 11.1 Å². The summed E-state index contributed by atoms with van der Waals surface area (Å²) in [5.41, 5.74) is 1.50. The second kappa shape index (κ2) is 4.86. The Morgan fingerprint density at radius 1 is 1.00 bits per heavy atom. The minimum atomic E-state index is -0.457. The summed E-state index contributed by atoms with van der Waals surface area (Å²) in [4.78, 5) is 10.9. The summed E-state index contributed by atoms with van der Waals surface area (Å²) in [5.74, 6) is -0.457. The predicted octanol–water partition coefficient (Wildman–Crippen LogP) is 4.61. The van der Waals surface area contributed by atoms with Crippen LogP contribution < -0.4 is 0 Å².